The third-order valence-electron chi connectivity index (χ3n) is 15.4. The molecule has 4 aliphatic rings. The van der Waals surface area contributed by atoms with Crippen LogP contribution in [0.3, 0.4) is 0 Å². The van der Waals surface area contributed by atoms with Gasteiger partial charge in [0.15, 0.2) is 17.9 Å². The zero-order chi connectivity index (χ0) is 68.6. The van der Waals surface area contributed by atoms with Crippen molar-refractivity contribution in [3.05, 3.63) is 210 Å². The first kappa shape index (κ1) is 82.5. The maximum absolute atomic E-state index is 12.6. The molecule has 14 heteroatoms. The van der Waals surface area contributed by atoms with Crippen LogP contribution in [0.15, 0.2) is 97.1 Å². The Morgan fingerprint density at radius 2 is 0.611 bits per heavy atom. The number of halogens is 10. The molecule has 0 N–H and O–H groups in total. The Kier molecular flexibility index (Phi) is 39.0. The van der Waals surface area contributed by atoms with Crippen LogP contribution in [0.2, 0.25) is 0 Å². The molecule has 4 fully saturated rings. The van der Waals surface area contributed by atoms with Gasteiger partial charge in [-0.3, -0.25) is 0 Å². The Balaban J connectivity index is 0.000000501. The second-order valence-corrected chi connectivity index (χ2v) is 25.2. The average molecular weight is 1270 g/mol. The molecule has 504 valence electrons. The van der Waals surface area contributed by atoms with Gasteiger partial charge in [0.1, 0.15) is 34.9 Å². The third kappa shape index (κ3) is 34.8. The summed E-state index contributed by atoms with van der Waals surface area (Å²) < 4.78 is 146. The van der Waals surface area contributed by atoms with Crippen LogP contribution < -0.4 is 0 Å². The predicted molar refractivity (Wildman–Crippen MR) is 350 cm³/mol. The lowest BCUT2D eigenvalue weighted by molar-refractivity contribution is -0.307. The number of benzene rings is 6. The number of alkyl halides is 2. The van der Waals surface area contributed by atoms with Gasteiger partial charge < -0.3 is 18.9 Å². The average Bonchev–Trinajstić information content (AvgIpc) is 2.83. The second-order valence-electron chi connectivity index (χ2n) is 25.2. The SMILES string of the molecule is CC1CCC(C)C(F)(F)O1.CC1CCC(C)CC1.CC1CCC(C)OC1.CC1COC(C)OC1.Cc1cc(F)c(C)c(F)c1.Cc1cc(F)c(C)c(F)c1.Cc1ccc(C)c(F)c1.Cc1ccc(C)c(F)c1.Cc1ccc(C)c(F)c1F.Cc1ccc(C)cc1. The molecule has 3 saturated heterocycles. The number of hydrogen-bond donors (Lipinski definition) is 0. The summed E-state index contributed by atoms with van der Waals surface area (Å²) in [4.78, 5) is 0. The third-order valence-corrected chi connectivity index (χ3v) is 15.4. The molecular formula is C76H106F10O4. The Hall–Kier alpha value is -5.54. The molecule has 10 rings (SSSR count). The van der Waals surface area contributed by atoms with Crippen molar-refractivity contribution < 1.29 is 62.9 Å². The maximum atomic E-state index is 12.6. The summed E-state index contributed by atoms with van der Waals surface area (Å²) >= 11 is 0. The van der Waals surface area contributed by atoms with Crippen molar-refractivity contribution in [2.24, 2.45) is 29.6 Å². The number of hydrogen-bond acceptors (Lipinski definition) is 4. The molecule has 4 unspecified atom stereocenters. The van der Waals surface area contributed by atoms with Gasteiger partial charge in [0.05, 0.1) is 25.4 Å². The minimum Gasteiger partial charge on any atom is -0.378 e. The van der Waals surface area contributed by atoms with E-state index in [1.807, 2.05) is 32.9 Å². The normalized spacial score (nSPS) is 21.1. The van der Waals surface area contributed by atoms with Crippen LogP contribution in [0.25, 0.3) is 0 Å². The highest BCUT2D eigenvalue weighted by molar-refractivity contribution is 5.27. The summed E-state index contributed by atoms with van der Waals surface area (Å²) in [5.74, 6) is -0.812. The van der Waals surface area contributed by atoms with Crippen molar-refractivity contribution in [3.63, 3.8) is 0 Å². The van der Waals surface area contributed by atoms with Crippen LogP contribution in [-0.4, -0.2) is 44.4 Å². The Morgan fingerprint density at radius 1 is 0.311 bits per heavy atom. The summed E-state index contributed by atoms with van der Waals surface area (Å²) in [6.45, 7) is 39.7. The Labute approximate surface area is 534 Å². The Bertz CT molecular complexity index is 2680. The molecule has 0 aromatic heterocycles. The molecule has 0 spiro atoms. The fourth-order valence-corrected chi connectivity index (χ4v) is 8.55. The molecule has 4 nitrogen and oxygen atoms in total. The van der Waals surface area contributed by atoms with E-state index in [0.29, 0.717) is 51.8 Å². The first-order valence-electron chi connectivity index (χ1n) is 31.6. The summed E-state index contributed by atoms with van der Waals surface area (Å²) in [5.41, 5.74) is 8.12. The van der Waals surface area contributed by atoms with E-state index in [9.17, 15) is 43.9 Å². The summed E-state index contributed by atoms with van der Waals surface area (Å²) in [7, 11) is 0. The van der Waals surface area contributed by atoms with Gasteiger partial charge >= 0.3 is 6.11 Å². The van der Waals surface area contributed by atoms with Gasteiger partial charge in [-0.05, 0) is 228 Å². The van der Waals surface area contributed by atoms with E-state index in [2.05, 4.69) is 77.5 Å². The smallest absolute Gasteiger partial charge is 0.358 e. The van der Waals surface area contributed by atoms with Crippen LogP contribution in [0, 0.1) is 159 Å². The van der Waals surface area contributed by atoms with E-state index >= 15 is 0 Å². The lowest BCUT2D eigenvalue weighted by Gasteiger charge is -2.32. The fraction of sp³-hybridized carbons (Fsp3) is 0.526. The number of rotatable bonds is 0. The zero-order valence-corrected chi connectivity index (χ0v) is 57.5. The molecule has 4 atom stereocenters. The molecule has 1 saturated carbocycles. The lowest BCUT2D eigenvalue weighted by Crippen LogP contribution is -2.38. The summed E-state index contributed by atoms with van der Waals surface area (Å²) in [5, 5.41) is 0. The molecule has 6 aromatic rings. The molecule has 3 aliphatic heterocycles. The molecule has 3 heterocycles. The van der Waals surface area contributed by atoms with Crippen LogP contribution in [0.4, 0.5) is 43.9 Å². The maximum Gasteiger partial charge on any atom is 0.358 e. The van der Waals surface area contributed by atoms with Gasteiger partial charge in [0, 0.05) is 29.6 Å². The van der Waals surface area contributed by atoms with Crippen LogP contribution in [0.5, 0.6) is 0 Å². The second kappa shape index (κ2) is 42.6. The predicted octanol–water partition coefficient (Wildman–Crippen LogP) is 23.0. The van der Waals surface area contributed by atoms with E-state index in [1.54, 1.807) is 58.9 Å². The minimum atomic E-state index is -2.89. The molecule has 0 amide bonds. The van der Waals surface area contributed by atoms with Crippen molar-refractivity contribution in [2.45, 2.75) is 214 Å². The largest absolute Gasteiger partial charge is 0.378 e. The van der Waals surface area contributed by atoms with Crippen molar-refractivity contribution in [2.75, 3.05) is 19.8 Å². The van der Waals surface area contributed by atoms with Gasteiger partial charge in [-0.15, -0.1) is 0 Å². The Morgan fingerprint density at radius 3 is 0.889 bits per heavy atom. The highest BCUT2D eigenvalue weighted by atomic mass is 19.3. The molecule has 0 radical (unpaired) electrons. The summed E-state index contributed by atoms with van der Waals surface area (Å²) in [6.07, 6.45) is 7.17. The topological polar surface area (TPSA) is 36.9 Å². The highest BCUT2D eigenvalue weighted by Gasteiger charge is 2.42. The van der Waals surface area contributed by atoms with E-state index < -0.39 is 46.9 Å². The van der Waals surface area contributed by atoms with Crippen molar-refractivity contribution in [1.82, 2.24) is 0 Å². The van der Waals surface area contributed by atoms with Crippen molar-refractivity contribution in [1.29, 1.82) is 0 Å². The van der Waals surface area contributed by atoms with Crippen molar-refractivity contribution >= 4 is 0 Å². The van der Waals surface area contributed by atoms with Crippen LogP contribution in [-0.2, 0) is 18.9 Å². The zero-order valence-electron chi connectivity index (χ0n) is 57.5. The van der Waals surface area contributed by atoms with Gasteiger partial charge in [-0.2, -0.15) is 8.78 Å². The molecule has 1 aliphatic carbocycles. The van der Waals surface area contributed by atoms with Gasteiger partial charge in [0.2, 0.25) is 0 Å². The number of aryl methyl sites for hydroxylation is 10. The monoisotopic (exact) mass is 1270 g/mol. The quantitative estimate of drug-likeness (QED) is 0.142. The first-order chi connectivity index (χ1) is 41.9. The number of ether oxygens (including phenoxy) is 4. The lowest BCUT2D eigenvalue weighted by atomic mass is 9.84. The minimum absolute atomic E-state index is 0.0196. The highest BCUT2D eigenvalue weighted by Crippen LogP contribution is 2.36. The van der Waals surface area contributed by atoms with Crippen LogP contribution >= 0.6 is 0 Å². The van der Waals surface area contributed by atoms with Gasteiger partial charge in [-0.25, -0.2) is 35.1 Å². The molecule has 0 bridgehead atoms. The standard InChI is InChI=1S/3C8H8F2.2C8H9F.C8H16.C8H10.C7H12F2O.C7H14O.C6H12O2/c2*1-5-3-7(9)6(2)8(10)4-5;1-5-3-4-6(2)8(10)7(5)9;2*1-6-3-4-7(2)8(9)5-6;2*1-7-3-5-8(2)6-4-7;1-5-3-4-6(2)10-7(5,8)9;1-6-3-4-7(2)8-5-6;1-5-3-7-6(2)8-4-5/h3*3-4H,1-2H3;2*3-5H,1-2H3;7-8H,3-6H2,1-2H3;3-6H,1-2H3;5-6H,3-4H2,1-2H3;6-7H,3-5H2,1-2H3;5-6H,3-4H2,1-2H3. The molecule has 90 heavy (non-hydrogen) atoms. The van der Waals surface area contributed by atoms with Gasteiger partial charge in [-0.1, -0.05) is 132 Å². The fourth-order valence-electron chi connectivity index (χ4n) is 8.55. The van der Waals surface area contributed by atoms with E-state index in [-0.39, 0.29) is 35.2 Å². The van der Waals surface area contributed by atoms with E-state index in [1.165, 1.54) is 121 Å². The summed E-state index contributed by atoms with van der Waals surface area (Å²) in [6, 6.07) is 27.3. The van der Waals surface area contributed by atoms with E-state index in [4.69, 9.17) is 14.2 Å². The first-order valence-corrected chi connectivity index (χ1v) is 31.6. The molecular weight excluding hydrogens is 1170 g/mol. The molecule has 6 aromatic carbocycles. The van der Waals surface area contributed by atoms with Crippen molar-refractivity contribution in [3.8, 4) is 0 Å². The van der Waals surface area contributed by atoms with Gasteiger partial charge in [0.25, 0.3) is 0 Å². The van der Waals surface area contributed by atoms with E-state index in [0.717, 1.165) is 55.1 Å². The van der Waals surface area contributed by atoms with Crippen LogP contribution in [0.1, 0.15) is 174 Å².